The van der Waals surface area contributed by atoms with E-state index in [1.54, 1.807) is 30.3 Å². The summed E-state index contributed by atoms with van der Waals surface area (Å²) in [5.74, 6) is -0.737. The van der Waals surface area contributed by atoms with Gasteiger partial charge in [-0.3, -0.25) is 4.79 Å². The number of unbranched alkanes of at least 4 members (excludes halogenated alkanes) is 3. The van der Waals surface area contributed by atoms with Crippen molar-refractivity contribution in [1.82, 2.24) is 0 Å². The van der Waals surface area contributed by atoms with Crippen molar-refractivity contribution in [2.45, 2.75) is 32.1 Å². The molecule has 2 aromatic rings. The second-order valence-corrected chi connectivity index (χ2v) is 7.70. The van der Waals surface area contributed by atoms with Gasteiger partial charge >= 0.3 is 11.9 Å². The van der Waals surface area contributed by atoms with Crippen LogP contribution in [-0.4, -0.2) is 31.0 Å². The van der Waals surface area contributed by atoms with Crippen LogP contribution in [0.2, 0.25) is 0 Å². The molecule has 0 aliphatic carbocycles. The van der Waals surface area contributed by atoms with E-state index in [9.17, 15) is 14.0 Å². The fourth-order valence-corrected chi connectivity index (χ4v) is 2.97. The molecule has 0 saturated carbocycles. The number of alkyl halides is 1. The molecule has 162 valence electrons. The van der Waals surface area contributed by atoms with Gasteiger partial charge in [0.25, 0.3) is 0 Å². The van der Waals surface area contributed by atoms with E-state index >= 15 is 0 Å². The van der Waals surface area contributed by atoms with Gasteiger partial charge < -0.3 is 14.2 Å². The summed E-state index contributed by atoms with van der Waals surface area (Å²) in [6, 6.07) is 10.7. The van der Waals surface area contributed by atoms with E-state index in [4.69, 9.17) is 25.8 Å². The van der Waals surface area contributed by atoms with E-state index < -0.39 is 11.8 Å². The summed E-state index contributed by atoms with van der Waals surface area (Å²) in [6.07, 6.45) is 3.81. The van der Waals surface area contributed by atoms with Gasteiger partial charge in [0.2, 0.25) is 0 Å². The standard InChI is InChI=1S/C22H23BrClFO5/c23-17-7-10-20(19(25)15-17)30-22(27)16-5-8-18(9-6-16)28-13-3-1-2-4-14-29-21(26)11-12-24/h5-10,15H,1-4,11-14H2. The van der Waals surface area contributed by atoms with Crippen molar-refractivity contribution in [1.29, 1.82) is 0 Å². The third kappa shape index (κ3) is 8.71. The predicted molar refractivity (Wildman–Crippen MR) is 116 cm³/mol. The number of halogens is 3. The van der Waals surface area contributed by atoms with Crippen LogP contribution >= 0.6 is 27.5 Å². The lowest BCUT2D eigenvalue weighted by Crippen LogP contribution is -2.09. The first kappa shape index (κ1) is 24.2. The number of esters is 2. The molecule has 0 radical (unpaired) electrons. The van der Waals surface area contributed by atoms with E-state index in [-0.39, 0.29) is 24.0 Å². The second-order valence-electron chi connectivity index (χ2n) is 6.41. The van der Waals surface area contributed by atoms with Gasteiger partial charge in [0.05, 0.1) is 25.2 Å². The molecule has 0 heterocycles. The van der Waals surface area contributed by atoms with E-state index in [1.807, 2.05) is 0 Å². The Morgan fingerprint density at radius 2 is 1.67 bits per heavy atom. The first-order valence-electron chi connectivity index (χ1n) is 9.61. The van der Waals surface area contributed by atoms with Crippen LogP contribution in [0.1, 0.15) is 42.5 Å². The highest BCUT2D eigenvalue weighted by Gasteiger charge is 2.12. The Morgan fingerprint density at radius 3 is 2.33 bits per heavy atom. The maximum Gasteiger partial charge on any atom is 0.343 e. The number of ether oxygens (including phenoxy) is 3. The SMILES string of the molecule is O=C(CCCl)OCCCCCCOc1ccc(C(=O)Oc2ccc(Br)cc2F)cc1. The van der Waals surface area contributed by atoms with Crippen molar-refractivity contribution >= 4 is 39.5 Å². The van der Waals surface area contributed by atoms with Crippen molar-refractivity contribution in [3.05, 3.63) is 58.3 Å². The molecular weight excluding hydrogens is 479 g/mol. The Kier molecular flexibility index (Phi) is 10.7. The van der Waals surface area contributed by atoms with Crippen LogP contribution in [0.5, 0.6) is 11.5 Å². The topological polar surface area (TPSA) is 61.8 Å². The molecule has 0 spiro atoms. The van der Waals surface area contributed by atoms with Crippen LogP contribution in [0.15, 0.2) is 46.9 Å². The zero-order valence-corrected chi connectivity index (χ0v) is 18.7. The summed E-state index contributed by atoms with van der Waals surface area (Å²) < 4.78 is 30.1. The third-order valence-electron chi connectivity index (χ3n) is 4.06. The van der Waals surface area contributed by atoms with E-state index in [0.29, 0.717) is 29.0 Å². The zero-order chi connectivity index (χ0) is 21.8. The second kappa shape index (κ2) is 13.2. The van der Waals surface area contributed by atoms with Crippen molar-refractivity contribution in [2.75, 3.05) is 19.1 Å². The predicted octanol–water partition coefficient (Wildman–Crippen LogP) is 5.92. The van der Waals surface area contributed by atoms with E-state index in [0.717, 1.165) is 25.7 Å². The molecule has 2 rings (SSSR count). The Morgan fingerprint density at radius 1 is 0.967 bits per heavy atom. The monoisotopic (exact) mass is 500 g/mol. The summed E-state index contributed by atoms with van der Waals surface area (Å²) in [7, 11) is 0. The van der Waals surface area contributed by atoms with Gasteiger partial charge in [-0.25, -0.2) is 9.18 Å². The number of rotatable bonds is 12. The van der Waals surface area contributed by atoms with Crippen LogP contribution in [0.4, 0.5) is 4.39 Å². The van der Waals surface area contributed by atoms with Crippen molar-refractivity contribution in [3.8, 4) is 11.5 Å². The zero-order valence-electron chi connectivity index (χ0n) is 16.4. The number of carbonyl (C=O) groups excluding carboxylic acids is 2. The van der Waals surface area contributed by atoms with Crippen molar-refractivity contribution < 1.29 is 28.2 Å². The number of hydrogen-bond donors (Lipinski definition) is 0. The Bertz CT molecular complexity index is 829. The lowest BCUT2D eigenvalue weighted by Gasteiger charge is -2.08. The maximum atomic E-state index is 13.8. The highest BCUT2D eigenvalue weighted by molar-refractivity contribution is 9.10. The van der Waals surface area contributed by atoms with Gasteiger partial charge in [0.1, 0.15) is 5.75 Å². The Labute approximate surface area is 188 Å². The maximum absolute atomic E-state index is 13.8. The molecular formula is C22H23BrClFO5. The molecule has 0 unspecified atom stereocenters. The largest absolute Gasteiger partial charge is 0.494 e. The number of carbonyl (C=O) groups is 2. The molecule has 2 aromatic carbocycles. The van der Waals surface area contributed by atoms with Gasteiger partial charge in [-0.1, -0.05) is 15.9 Å². The highest BCUT2D eigenvalue weighted by Crippen LogP contribution is 2.23. The first-order chi connectivity index (χ1) is 14.5. The van der Waals surface area contributed by atoms with Gasteiger partial charge in [0.15, 0.2) is 11.6 Å². The number of hydrogen-bond acceptors (Lipinski definition) is 5. The molecule has 0 amide bonds. The minimum Gasteiger partial charge on any atom is -0.494 e. The average Bonchev–Trinajstić information content (AvgIpc) is 2.72. The molecule has 0 saturated heterocycles. The van der Waals surface area contributed by atoms with Crippen molar-refractivity contribution in [3.63, 3.8) is 0 Å². The molecule has 0 N–H and O–H groups in total. The molecule has 0 aliphatic rings. The van der Waals surface area contributed by atoms with Gasteiger partial charge in [0, 0.05) is 10.4 Å². The summed E-state index contributed by atoms with van der Waals surface area (Å²) in [6.45, 7) is 0.957. The molecule has 0 fully saturated rings. The van der Waals surface area contributed by atoms with Gasteiger partial charge in [-0.15, -0.1) is 11.6 Å². The van der Waals surface area contributed by atoms with E-state index in [1.165, 1.54) is 12.1 Å². The normalized spacial score (nSPS) is 10.5. The van der Waals surface area contributed by atoms with Crippen LogP contribution in [0.25, 0.3) is 0 Å². The molecule has 30 heavy (non-hydrogen) atoms. The molecule has 0 aliphatic heterocycles. The fourth-order valence-electron chi connectivity index (χ4n) is 2.49. The van der Waals surface area contributed by atoms with Gasteiger partial charge in [-0.2, -0.15) is 0 Å². The quantitative estimate of drug-likeness (QED) is 0.156. The average molecular weight is 502 g/mol. The summed E-state index contributed by atoms with van der Waals surface area (Å²) in [5, 5.41) is 0. The first-order valence-corrected chi connectivity index (χ1v) is 10.9. The van der Waals surface area contributed by atoms with Crippen LogP contribution in [-0.2, 0) is 9.53 Å². The van der Waals surface area contributed by atoms with Crippen molar-refractivity contribution in [2.24, 2.45) is 0 Å². The highest BCUT2D eigenvalue weighted by atomic mass is 79.9. The molecule has 5 nitrogen and oxygen atoms in total. The minimum absolute atomic E-state index is 0.127. The minimum atomic E-state index is -0.644. The summed E-state index contributed by atoms with van der Waals surface area (Å²) >= 11 is 8.61. The van der Waals surface area contributed by atoms with Crippen LogP contribution in [0, 0.1) is 5.82 Å². The van der Waals surface area contributed by atoms with E-state index in [2.05, 4.69) is 15.9 Å². The smallest absolute Gasteiger partial charge is 0.343 e. The van der Waals surface area contributed by atoms with Crippen LogP contribution < -0.4 is 9.47 Å². The summed E-state index contributed by atoms with van der Waals surface area (Å²) in [4.78, 5) is 23.3. The number of benzene rings is 2. The summed E-state index contributed by atoms with van der Waals surface area (Å²) in [5.41, 5.74) is 0.299. The molecule has 0 aromatic heterocycles. The van der Waals surface area contributed by atoms with Gasteiger partial charge in [-0.05, 0) is 68.1 Å². The Hall–Kier alpha value is -2.12. The third-order valence-corrected chi connectivity index (χ3v) is 4.74. The fraction of sp³-hybridized carbons (Fsp3) is 0.364. The lowest BCUT2D eigenvalue weighted by molar-refractivity contribution is -0.143. The lowest BCUT2D eigenvalue weighted by atomic mass is 10.2. The Balaban J connectivity index is 1.64. The van der Waals surface area contributed by atoms with Crippen LogP contribution in [0.3, 0.4) is 0 Å². The molecule has 0 bridgehead atoms. The molecule has 8 heteroatoms. The molecule has 0 atom stereocenters.